The quantitative estimate of drug-likeness (QED) is 0.371. The molecule has 0 aliphatic carbocycles. The molecule has 3 heteroatoms. The summed E-state index contributed by atoms with van der Waals surface area (Å²) in [7, 11) is 0. The highest BCUT2D eigenvalue weighted by Gasteiger charge is 2.13. The molecule has 0 aliphatic rings. The van der Waals surface area contributed by atoms with Gasteiger partial charge in [0, 0.05) is 10.8 Å². The molecule has 1 heterocycles. The van der Waals surface area contributed by atoms with Gasteiger partial charge in [-0.3, -0.25) is 4.79 Å². The molecule has 0 radical (unpaired) electrons. The number of benzene rings is 3. The van der Waals surface area contributed by atoms with Crippen LogP contribution in [0.4, 0.5) is 0 Å². The van der Waals surface area contributed by atoms with Gasteiger partial charge in [-0.05, 0) is 42.0 Å². The average Bonchev–Trinajstić information content (AvgIpc) is 2.83. The third kappa shape index (κ3) is 1.67. The summed E-state index contributed by atoms with van der Waals surface area (Å²) >= 11 is 0. The lowest BCUT2D eigenvalue weighted by Crippen LogP contribution is -1.93. The standard InChI is InChI=1S/C20H12O3/c1-11-6-7-12-13(8-11)14-9-18-19(10-15(14)20(12)21)23-17-5-3-2-4-16(17)22-18/h2-10H,1H3. The first-order chi connectivity index (χ1) is 11.2. The van der Waals surface area contributed by atoms with Crippen LogP contribution in [0.15, 0.2) is 68.2 Å². The highest BCUT2D eigenvalue weighted by atomic mass is 16.4. The molecular weight excluding hydrogens is 288 g/mol. The minimum Gasteiger partial charge on any atom is -0.449 e. The van der Waals surface area contributed by atoms with Crippen LogP contribution in [0.5, 0.6) is 0 Å². The molecule has 0 bridgehead atoms. The second-order valence-electron chi connectivity index (χ2n) is 5.87. The lowest BCUT2D eigenvalue weighted by Gasteiger charge is -2.02. The van der Waals surface area contributed by atoms with Crippen LogP contribution in [0.25, 0.3) is 43.9 Å². The van der Waals surface area contributed by atoms with Crippen molar-refractivity contribution in [1.29, 1.82) is 0 Å². The SMILES string of the molecule is Cc1ccc2c(=O)c3cc4oc5ccccc5oc4cc3c2c1. The van der Waals surface area contributed by atoms with Crippen molar-refractivity contribution in [2.45, 2.75) is 6.92 Å². The van der Waals surface area contributed by atoms with Crippen LogP contribution in [0.1, 0.15) is 5.56 Å². The van der Waals surface area contributed by atoms with Crippen molar-refractivity contribution in [3.8, 4) is 0 Å². The van der Waals surface area contributed by atoms with Crippen molar-refractivity contribution in [3.05, 3.63) is 70.4 Å². The third-order valence-corrected chi connectivity index (χ3v) is 4.33. The van der Waals surface area contributed by atoms with Crippen molar-refractivity contribution in [1.82, 2.24) is 0 Å². The van der Waals surface area contributed by atoms with Gasteiger partial charge in [-0.15, -0.1) is 0 Å². The van der Waals surface area contributed by atoms with Gasteiger partial charge in [-0.2, -0.15) is 0 Å². The molecule has 0 unspecified atom stereocenters. The predicted molar refractivity (Wildman–Crippen MR) is 92.0 cm³/mol. The largest absolute Gasteiger partial charge is 0.449 e. The molecular formula is C20H12O3. The van der Waals surface area contributed by atoms with E-state index in [2.05, 4.69) is 0 Å². The van der Waals surface area contributed by atoms with E-state index in [1.807, 2.05) is 55.5 Å². The van der Waals surface area contributed by atoms with Crippen molar-refractivity contribution >= 4 is 43.9 Å². The predicted octanol–water partition coefficient (Wildman–Crippen LogP) is 5.15. The summed E-state index contributed by atoms with van der Waals surface area (Å²) in [6, 6.07) is 17.1. The third-order valence-electron chi connectivity index (χ3n) is 4.33. The Labute approximate surface area is 130 Å². The number of fused-ring (bicyclic) bond motifs is 5. The number of hydrogen-bond donors (Lipinski definition) is 0. The Balaban J connectivity index is 2.02. The molecule has 0 atom stereocenters. The summed E-state index contributed by atoms with van der Waals surface area (Å²) in [6.45, 7) is 2.02. The van der Waals surface area contributed by atoms with Gasteiger partial charge in [0.15, 0.2) is 27.8 Å². The van der Waals surface area contributed by atoms with Crippen LogP contribution >= 0.6 is 0 Å². The number of rotatable bonds is 0. The van der Waals surface area contributed by atoms with Gasteiger partial charge in [0.1, 0.15) is 0 Å². The highest BCUT2D eigenvalue weighted by molar-refractivity contribution is 6.14. The van der Waals surface area contributed by atoms with Crippen molar-refractivity contribution in [2.24, 2.45) is 0 Å². The van der Waals surface area contributed by atoms with Crippen molar-refractivity contribution in [3.63, 3.8) is 0 Å². The molecule has 0 saturated carbocycles. The molecule has 110 valence electrons. The lowest BCUT2D eigenvalue weighted by molar-refractivity contribution is 0.582. The fourth-order valence-corrected chi connectivity index (χ4v) is 3.21. The maximum absolute atomic E-state index is 12.6. The van der Waals surface area contributed by atoms with Crippen LogP contribution < -0.4 is 5.43 Å². The lowest BCUT2D eigenvalue weighted by atomic mass is 10.1. The number of aryl methyl sites for hydroxylation is 1. The Morgan fingerprint density at radius 1 is 0.652 bits per heavy atom. The zero-order chi connectivity index (χ0) is 15.6. The topological polar surface area (TPSA) is 43.4 Å². The fourth-order valence-electron chi connectivity index (χ4n) is 3.21. The van der Waals surface area contributed by atoms with Crippen LogP contribution in [0.3, 0.4) is 0 Å². The molecule has 0 saturated heterocycles. The molecule has 3 nitrogen and oxygen atoms in total. The molecule has 23 heavy (non-hydrogen) atoms. The molecule has 0 N–H and O–H groups in total. The van der Waals surface area contributed by atoms with Crippen LogP contribution in [-0.4, -0.2) is 0 Å². The molecule has 5 rings (SSSR count). The van der Waals surface area contributed by atoms with Gasteiger partial charge in [0.05, 0.1) is 0 Å². The van der Waals surface area contributed by atoms with E-state index >= 15 is 0 Å². The highest BCUT2D eigenvalue weighted by Crippen LogP contribution is 2.31. The van der Waals surface area contributed by atoms with Crippen molar-refractivity contribution in [2.75, 3.05) is 0 Å². The van der Waals surface area contributed by atoms with E-state index in [9.17, 15) is 4.79 Å². The summed E-state index contributed by atoms with van der Waals surface area (Å²) in [4.78, 5) is 12.6. The molecule has 4 aromatic carbocycles. The first-order valence-corrected chi connectivity index (χ1v) is 7.49. The van der Waals surface area contributed by atoms with E-state index < -0.39 is 0 Å². The second kappa shape index (κ2) is 4.23. The van der Waals surface area contributed by atoms with Crippen molar-refractivity contribution < 1.29 is 8.83 Å². The summed E-state index contributed by atoms with van der Waals surface area (Å²) < 4.78 is 11.8. The van der Waals surface area contributed by atoms with Gasteiger partial charge in [0.2, 0.25) is 0 Å². The Kier molecular flexibility index (Phi) is 2.29. The summed E-state index contributed by atoms with van der Waals surface area (Å²) in [5.41, 5.74) is 3.75. The van der Waals surface area contributed by atoms with Gasteiger partial charge in [-0.25, -0.2) is 0 Å². The summed E-state index contributed by atoms with van der Waals surface area (Å²) in [6.07, 6.45) is 0. The van der Waals surface area contributed by atoms with Crippen LogP contribution in [0.2, 0.25) is 0 Å². The molecule has 5 aromatic rings. The first kappa shape index (κ1) is 12.5. The maximum Gasteiger partial charge on any atom is 0.194 e. The van der Waals surface area contributed by atoms with Crippen LogP contribution in [0, 0.1) is 6.92 Å². The monoisotopic (exact) mass is 300 g/mol. The molecule has 1 aromatic heterocycles. The van der Waals surface area contributed by atoms with Gasteiger partial charge in [-0.1, -0.05) is 35.9 Å². The minimum atomic E-state index is 0.0419. The number of para-hydroxylation sites is 2. The van der Waals surface area contributed by atoms with E-state index in [1.165, 1.54) is 0 Å². The Morgan fingerprint density at radius 2 is 1.26 bits per heavy atom. The minimum absolute atomic E-state index is 0.0419. The smallest absolute Gasteiger partial charge is 0.194 e. The maximum atomic E-state index is 12.6. The first-order valence-electron chi connectivity index (χ1n) is 7.49. The number of hydrogen-bond acceptors (Lipinski definition) is 3. The molecule has 0 fully saturated rings. The molecule has 0 spiro atoms. The van der Waals surface area contributed by atoms with E-state index in [0.29, 0.717) is 27.7 Å². The zero-order valence-electron chi connectivity index (χ0n) is 12.4. The Bertz CT molecular complexity index is 1290. The van der Waals surface area contributed by atoms with Gasteiger partial charge in [0.25, 0.3) is 0 Å². The van der Waals surface area contributed by atoms with Crippen LogP contribution in [-0.2, 0) is 0 Å². The van der Waals surface area contributed by atoms with E-state index in [0.717, 1.165) is 21.7 Å². The fraction of sp³-hybridized carbons (Fsp3) is 0.0500. The average molecular weight is 300 g/mol. The summed E-state index contributed by atoms with van der Waals surface area (Å²) in [5.74, 6) is 0. The van der Waals surface area contributed by atoms with E-state index in [-0.39, 0.29) is 5.43 Å². The molecule has 0 aliphatic heterocycles. The Hall–Kier alpha value is -3.07. The Morgan fingerprint density at radius 3 is 1.96 bits per heavy atom. The van der Waals surface area contributed by atoms with E-state index in [4.69, 9.17) is 8.83 Å². The van der Waals surface area contributed by atoms with E-state index in [1.54, 1.807) is 6.07 Å². The van der Waals surface area contributed by atoms with Gasteiger partial charge < -0.3 is 8.83 Å². The second-order valence-corrected chi connectivity index (χ2v) is 5.87. The summed E-state index contributed by atoms with van der Waals surface area (Å²) in [5, 5.41) is 3.29. The zero-order valence-corrected chi connectivity index (χ0v) is 12.4. The van der Waals surface area contributed by atoms with Gasteiger partial charge >= 0.3 is 0 Å². The molecule has 0 amide bonds. The normalized spacial score (nSPS) is 11.9.